The van der Waals surface area contributed by atoms with E-state index in [9.17, 15) is 27.2 Å². The number of alkyl halides is 2. The summed E-state index contributed by atoms with van der Waals surface area (Å²) in [7, 11) is -3.61. The van der Waals surface area contributed by atoms with Gasteiger partial charge in [0.1, 0.15) is 27.5 Å². The number of nitrogens with one attached hydrogen (secondary N) is 1. The molecule has 2 aliphatic carbocycles. The topological polar surface area (TPSA) is 127 Å². The summed E-state index contributed by atoms with van der Waals surface area (Å²) in [5.74, 6) is -0.247. The number of pyridine rings is 1. The lowest BCUT2D eigenvalue weighted by Gasteiger charge is -2.22. The van der Waals surface area contributed by atoms with Gasteiger partial charge in [0.15, 0.2) is 23.9 Å². The van der Waals surface area contributed by atoms with E-state index in [2.05, 4.69) is 9.46 Å². The molecule has 45 heavy (non-hydrogen) atoms. The van der Waals surface area contributed by atoms with E-state index >= 15 is 0 Å². The van der Waals surface area contributed by atoms with Crippen LogP contribution in [0.4, 0.5) is 14.5 Å². The standard InChI is InChI=1S/C30H30Cl2F2N2O8S/c1-45(39,40)35-20-7-8-21(27(11-20)41-15-17-2-3-17)29(37)43-26(12-22-23(31)13-36(38)14-24(22)32)19-6-9-25(44-30(33)34)28(10-19)42-16-18-4-5-18/h6-11,13-14,17-18,26,30,35H,2-5,12,15-16H2,1H3/t26-/m0/s1. The van der Waals surface area contributed by atoms with Gasteiger partial charge in [-0.1, -0.05) is 29.3 Å². The van der Waals surface area contributed by atoms with Crippen LogP contribution in [0.25, 0.3) is 0 Å². The number of anilines is 1. The molecular weight excluding hydrogens is 657 g/mol. The molecule has 2 aromatic carbocycles. The summed E-state index contributed by atoms with van der Waals surface area (Å²) in [6, 6.07) is 8.35. The van der Waals surface area contributed by atoms with E-state index in [-0.39, 0.29) is 45.0 Å². The van der Waals surface area contributed by atoms with Crippen LogP contribution < -0.4 is 23.7 Å². The van der Waals surface area contributed by atoms with Crippen molar-refractivity contribution in [2.75, 3.05) is 24.2 Å². The number of rotatable bonds is 15. The molecule has 0 unspecified atom stereocenters. The Labute approximate surface area is 268 Å². The zero-order chi connectivity index (χ0) is 32.3. The van der Waals surface area contributed by atoms with Crippen LogP contribution in [0, 0.1) is 17.0 Å². The fourth-order valence-electron chi connectivity index (χ4n) is 4.43. The summed E-state index contributed by atoms with van der Waals surface area (Å²) in [5, 5.41) is 11.9. The maximum absolute atomic E-state index is 13.7. The van der Waals surface area contributed by atoms with Crippen molar-refractivity contribution < 1.29 is 45.7 Å². The summed E-state index contributed by atoms with van der Waals surface area (Å²) in [6.45, 7) is -2.48. The highest BCUT2D eigenvalue weighted by Crippen LogP contribution is 2.39. The molecule has 1 atom stereocenters. The molecule has 0 amide bonds. The van der Waals surface area contributed by atoms with Crippen molar-refractivity contribution in [3.63, 3.8) is 0 Å². The van der Waals surface area contributed by atoms with Gasteiger partial charge in [-0.2, -0.15) is 13.5 Å². The van der Waals surface area contributed by atoms with Gasteiger partial charge in [0, 0.05) is 18.1 Å². The fourth-order valence-corrected chi connectivity index (χ4v) is 5.59. The van der Waals surface area contributed by atoms with Crippen LogP contribution in [0.3, 0.4) is 0 Å². The van der Waals surface area contributed by atoms with Gasteiger partial charge in [-0.25, -0.2) is 13.2 Å². The fraction of sp³-hybridized carbons (Fsp3) is 0.400. The van der Waals surface area contributed by atoms with Crippen molar-refractivity contribution in [1.82, 2.24) is 0 Å². The van der Waals surface area contributed by atoms with Crippen LogP contribution in [-0.4, -0.2) is 40.5 Å². The monoisotopic (exact) mass is 686 g/mol. The number of aromatic nitrogens is 1. The Kier molecular flexibility index (Phi) is 10.1. The van der Waals surface area contributed by atoms with Crippen LogP contribution in [0.5, 0.6) is 17.2 Å². The molecule has 5 rings (SSSR count). The van der Waals surface area contributed by atoms with Crippen molar-refractivity contribution in [3.05, 3.63) is 80.7 Å². The molecule has 2 fully saturated rings. The van der Waals surface area contributed by atoms with E-state index in [0.29, 0.717) is 40.9 Å². The number of nitrogens with zero attached hydrogens (tertiary/aromatic N) is 1. The molecular formula is C30H30Cl2F2N2O8S. The number of benzene rings is 2. The molecule has 0 radical (unpaired) electrons. The van der Waals surface area contributed by atoms with Gasteiger partial charge < -0.3 is 24.2 Å². The van der Waals surface area contributed by atoms with Crippen molar-refractivity contribution >= 4 is 44.9 Å². The number of hydrogen-bond donors (Lipinski definition) is 1. The summed E-state index contributed by atoms with van der Waals surface area (Å²) >= 11 is 12.7. The SMILES string of the molecule is CS(=O)(=O)Nc1ccc(C(=O)O[C@@H](Cc2c(Cl)c[n+]([O-])cc2Cl)c2ccc(OC(F)F)c(OCC3CC3)c2)c(OCC2CC2)c1. The van der Waals surface area contributed by atoms with Crippen LogP contribution >= 0.6 is 23.2 Å². The molecule has 15 heteroatoms. The van der Waals surface area contributed by atoms with Gasteiger partial charge in [0.2, 0.25) is 10.0 Å². The van der Waals surface area contributed by atoms with E-state index in [1.54, 1.807) is 0 Å². The van der Waals surface area contributed by atoms with Gasteiger partial charge in [-0.15, -0.1) is 0 Å². The zero-order valence-electron chi connectivity index (χ0n) is 24.0. The molecule has 0 bridgehead atoms. The van der Waals surface area contributed by atoms with E-state index < -0.39 is 28.7 Å². The summed E-state index contributed by atoms with van der Waals surface area (Å²) in [4.78, 5) is 13.7. The Bertz CT molecular complexity index is 1650. The normalized spacial score (nSPS) is 15.4. The predicted molar refractivity (Wildman–Crippen MR) is 162 cm³/mol. The minimum absolute atomic E-state index is 0.0187. The molecule has 1 N–H and O–H groups in total. The molecule has 3 aromatic rings. The molecule has 1 heterocycles. The molecule has 2 aliphatic rings. The highest BCUT2D eigenvalue weighted by Gasteiger charge is 2.29. The third-order valence-electron chi connectivity index (χ3n) is 7.10. The molecule has 242 valence electrons. The minimum Gasteiger partial charge on any atom is -0.619 e. The van der Waals surface area contributed by atoms with Crippen LogP contribution in [0.1, 0.15) is 53.3 Å². The van der Waals surface area contributed by atoms with Gasteiger partial charge >= 0.3 is 12.6 Å². The van der Waals surface area contributed by atoms with Gasteiger partial charge in [-0.3, -0.25) is 4.72 Å². The maximum Gasteiger partial charge on any atom is 0.387 e. The summed E-state index contributed by atoms with van der Waals surface area (Å²) < 4.78 is 75.1. The van der Waals surface area contributed by atoms with Gasteiger partial charge in [-0.05, 0) is 67.3 Å². The third-order valence-corrected chi connectivity index (χ3v) is 8.36. The molecule has 2 saturated carbocycles. The number of esters is 1. The number of carbonyl (C=O) groups is 1. The second kappa shape index (κ2) is 13.8. The van der Waals surface area contributed by atoms with Crippen LogP contribution in [0.2, 0.25) is 10.0 Å². The van der Waals surface area contributed by atoms with E-state index in [4.69, 9.17) is 37.4 Å². The minimum atomic E-state index is -3.61. The quantitative estimate of drug-likeness (QED) is 0.112. The Morgan fingerprint density at radius 1 is 0.978 bits per heavy atom. The van der Waals surface area contributed by atoms with Crippen molar-refractivity contribution in [3.8, 4) is 17.2 Å². The van der Waals surface area contributed by atoms with Gasteiger partial charge in [0.05, 0.1) is 25.2 Å². The molecule has 0 aliphatic heterocycles. The molecule has 10 nitrogen and oxygen atoms in total. The Morgan fingerprint density at radius 3 is 2.18 bits per heavy atom. The Balaban J connectivity index is 1.49. The summed E-state index contributed by atoms with van der Waals surface area (Å²) in [6.07, 6.45) is 5.85. The Morgan fingerprint density at radius 2 is 1.60 bits per heavy atom. The first-order chi connectivity index (χ1) is 21.3. The predicted octanol–water partition coefficient (Wildman–Crippen LogP) is 6.32. The van der Waals surface area contributed by atoms with Crippen molar-refractivity contribution in [2.24, 2.45) is 11.8 Å². The highest BCUT2D eigenvalue weighted by atomic mass is 35.5. The second-order valence-electron chi connectivity index (χ2n) is 11.1. The average Bonchev–Trinajstić information content (AvgIpc) is 3.87. The second-order valence-corrected chi connectivity index (χ2v) is 13.6. The van der Waals surface area contributed by atoms with E-state index in [0.717, 1.165) is 44.3 Å². The van der Waals surface area contributed by atoms with Crippen LogP contribution in [-0.2, 0) is 21.2 Å². The van der Waals surface area contributed by atoms with Crippen molar-refractivity contribution in [1.29, 1.82) is 0 Å². The first kappa shape index (κ1) is 32.8. The lowest BCUT2D eigenvalue weighted by Crippen LogP contribution is -2.25. The lowest BCUT2D eigenvalue weighted by molar-refractivity contribution is -0.605. The first-order valence-electron chi connectivity index (χ1n) is 14.1. The van der Waals surface area contributed by atoms with Gasteiger partial charge in [0.25, 0.3) is 0 Å². The summed E-state index contributed by atoms with van der Waals surface area (Å²) in [5.41, 5.74) is 0.856. The number of hydrogen-bond acceptors (Lipinski definition) is 8. The van der Waals surface area contributed by atoms with Crippen LogP contribution in [0.15, 0.2) is 48.8 Å². The highest BCUT2D eigenvalue weighted by molar-refractivity contribution is 7.92. The zero-order valence-corrected chi connectivity index (χ0v) is 26.3. The van der Waals surface area contributed by atoms with E-state index in [1.165, 1.54) is 36.4 Å². The lowest BCUT2D eigenvalue weighted by atomic mass is 10.0. The first-order valence-corrected chi connectivity index (χ1v) is 16.7. The average molecular weight is 688 g/mol. The maximum atomic E-state index is 13.7. The smallest absolute Gasteiger partial charge is 0.387 e. The molecule has 1 aromatic heterocycles. The van der Waals surface area contributed by atoms with Crippen molar-refractivity contribution in [2.45, 2.75) is 44.8 Å². The third kappa shape index (κ3) is 9.47. The number of ether oxygens (including phenoxy) is 4. The molecule has 0 spiro atoms. The number of sulfonamides is 1. The number of halogens is 4. The van der Waals surface area contributed by atoms with E-state index in [1.807, 2.05) is 0 Å². The number of carbonyl (C=O) groups excluding carboxylic acids is 1. The molecule has 0 saturated heterocycles. The Hall–Kier alpha value is -3.55. The largest absolute Gasteiger partial charge is 0.619 e.